The van der Waals surface area contributed by atoms with Crippen LogP contribution < -0.4 is 14.9 Å². The van der Waals surface area contributed by atoms with Crippen LogP contribution in [0, 0.1) is 5.82 Å². The van der Waals surface area contributed by atoms with Crippen molar-refractivity contribution in [3.63, 3.8) is 0 Å². The number of hydrogen-bond donors (Lipinski definition) is 1. The maximum Gasteiger partial charge on any atom is 0.354 e. The number of fused-ring (bicyclic) bond motifs is 1. The van der Waals surface area contributed by atoms with Gasteiger partial charge < -0.3 is 9.84 Å². The van der Waals surface area contributed by atoms with Crippen LogP contribution in [-0.2, 0) is 6.54 Å². The van der Waals surface area contributed by atoms with Gasteiger partial charge in [0.15, 0.2) is 11.3 Å². The molecular weight excluding hydrogens is 457 g/mol. The van der Waals surface area contributed by atoms with Crippen LogP contribution in [0.5, 0.6) is 17.4 Å². The summed E-state index contributed by atoms with van der Waals surface area (Å²) >= 11 is 5.91. The number of aromatic nitrogens is 3. The first-order valence-electron chi connectivity index (χ1n) is 10.4. The van der Waals surface area contributed by atoms with Gasteiger partial charge in [0, 0.05) is 17.8 Å². The lowest BCUT2D eigenvalue weighted by molar-refractivity contribution is -0.671. The molecule has 0 unspecified atom stereocenters. The molecule has 0 amide bonds. The molecule has 0 saturated carbocycles. The summed E-state index contributed by atoms with van der Waals surface area (Å²) in [6, 6.07) is 21.4. The summed E-state index contributed by atoms with van der Waals surface area (Å²) < 4.78 is 22.1. The molecule has 8 heteroatoms. The quantitative estimate of drug-likeness (QED) is 0.288. The molecule has 5 rings (SSSR count). The molecule has 0 aliphatic heterocycles. The zero-order valence-corrected chi connectivity index (χ0v) is 18.5. The summed E-state index contributed by atoms with van der Waals surface area (Å²) in [7, 11) is 0. The highest BCUT2D eigenvalue weighted by Gasteiger charge is 2.26. The minimum Gasteiger partial charge on any atom is -0.477 e. The van der Waals surface area contributed by atoms with Gasteiger partial charge in [0.25, 0.3) is 11.5 Å². The minimum absolute atomic E-state index is 0.152. The van der Waals surface area contributed by atoms with E-state index in [0.29, 0.717) is 27.9 Å². The van der Waals surface area contributed by atoms with E-state index in [-0.39, 0.29) is 23.8 Å². The summed E-state index contributed by atoms with van der Waals surface area (Å²) in [6.45, 7) is 0.248. The highest BCUT2D eigenvalue weighted by molar-refractivity contribution is 6.29. The standard InChI is InChI=1S/C26H17ClFN3O3/c27-22-12-6-17(14-29-22)15-30-23-13-11-21(34-20-9-7-19(28)8-10-20)16-31(23)26(33)24(25(30)32)18-4-2-1-3-5-18/h1-14,16H,15H2/p+1. The highest BCUT2D eigenvalue weighted by atomic mass is 35.5. The molecule has 168 valence electrons. The van der Waals surface area contributed by atoms with E-state index < -0.39 is 5.56 Å². The number of hydrogen-bond acceptors (Lipinski definition) is 4. The Hall–Kier alpha value is -4.23. The van der Waals surface area contributed by atoms with Gasteiger partial charge >= 0.3 is 5.56 Å². The summed E-state index contributed by atoms with van der Waals surface area (Å²) in [5.41, 5.74) is 1.56. The Balaban J connectivity index is 1.69. The number of halogens is 2. The van der Waals surface area contributed by atoms with Gasteiger partial charge in [0.1, 0.15) is 29.5 Å². The van der Waals surface area contributed by atoms with Gasteiger partial charge in [-0.1, -0.05) is 48.0 Å². The molecule has 0 aliphatic carbocycles. The Bertz CT molecular complexity index is 1540. The maximum atomic E-state index is 13.5. The lowest BCUT2D eigenvalue weighted by atomic mass is 10.1. The van der Waals surface area contributed by atoms with Crippen molar-refractivity contribution in [2.24, 2.45) is 0 Å². The smallest absolute Gasteiger partial charge is 0.354 e. The second-order valence-electron chi connectivity index (χ2n) is 7.59. The zero-order chi connectivity index (χ0) is 23.7. The molecule has 2 aromatic carbocycles. The van der Waals surface area contributed by atoms with Crippen molar-refractivity contribution >= 4 is 17.2 Å². The van der Waals surface area contributed by atoms with Crippen LogP contribution in [0.3, 0.4) is 0 Å². The lowest BCUT2D eigenvalue weighted by Gasteiger charge is -2.11. The van der Waals surface area contributed by atoms with E-state index in [1.165, 1.54) is 28.7 Å². The molecule has 0 aliphatic rings. The van der Waals surface area contributed by atoms with Crippen LogP contribution >= 0.6 is 11.6 Å². The van der Waals surface area contributed by atoms with E-state index in [0.717, 1.165) is 5.56 Å². The van der Waals surface area contributed by atoms with E-state index in [1.54, 1.807) is 65.5 Å². The van der Waals surface area contributed by atoms with Crippen molar-refractivity contribution < 1.29 is 18.8 Å². The molecular formula is C26H18ClFN3O3+. The predicted octanol–water partition coefficient (Wildman–Crippen LogP) is 4.99. The van der Waals surface area contributed by atoms with Crippen LogP contribution in [0.1, 0.15) is 5.56 Å². The van der Waals surface area contributed by atoms with Crippen LogP contribution in [0.4, 0.5) is 4.39 Å². The average molecular weight is 475 g/mol. The number of ether oxygens (including phenoxy) is 1. The van der Waals surface area contributed by atoms with Crippen LogP contribution in [-0.4, -0.2) is 14.5 Å². The fourth-order valence-corrected chi connectivity index (χ4v) is 3.82. The van der Waals surface area contributed by atoms with Gasteiger partial charge in [0.2, 0.25) is 0 Å². The van der Waals surface area contributed by atoms with Crippen molar-refractivity contribution in [3.05, 3.63) is 118 Å². The van der Waals surface area contributed by atoms with E-state index in [9.17, 15) is 14.3 Å². The molecule has 0 spiro atoms. The molecule has 34 heavy (non-hydrogen) atoms. The highest BCUT2D eigenvalue weighted by Crippen LogP contribution is 2.26. The summed E-state index contributed by atoms with van der Waals surface area (Å²) in [5, 5.41) is 11.6. The fourth-order valence-electron chi connectivity index (χ4n) is 3.71. The Morgan fingerprint density at radius 3 is 2.41 bits per heavy atom. The summed E-state index contributed by atoms with van der Waals surface area (Å²) in [4.78, 5) is 17.6. The normalized spacial score (nSPS) is 11.0. The Kier molecular flexibility index (Phi) is 5.69. The molecule has 0 bridgehead atoms. The average Bonchev–Trinajstić information content (AvgIpc) is 2.85. The molecule has 0 atom stereocenters. The predicted molar refractivity (Wildman–Crippen MR) is 126 cm³/mol. The molecule has 0 radical (unpaired) electrons. The number of aromatic hydroxyl groups is 1. The number of pyridine rings is 2. The lowest BCUT2D eigenvalue weighted by Crippen LogP contribution is -2.41. The summed E-state index contributed by atoms with van der Waals surface area (Å²) in [5.74, 6) is 0.266. The molecule has 0 saturated heterocycles. The van der Waals surface area contributed by atoms with Gasteiger partial charge in [-0.3, -0.25) is 0 Å². The Morgan fingerprint density at radius 2 is 1.71 bits per heavy atom. The zero-order valence-electron chi connectivity index (χ0n) is 17.7. The molecule has 0 fully saturated rings. The molecule has 5 aromatic rings. The number of benzene rings is 2. The fraction of sp³-hybridized carbons (Fsp3) is 0.0385. The van der Waals surface area contributed by atoms with Gasteiger partial charge in [-0.25, -0.2) is 14.2 Å². The van der Waals surface area contributed by atoms with Crippen molar-refractivity contribution in [2.75, 3.05) is 0 Å². The van der Waals surface area contributed by atoms with E-state index in [2.05, 4.69) is 4.98 Å². The molecule has 3 heterocycles. The molecule has 6 nitrogen and oxygen atoms in total. The van der Waals surface area contributed by atoms with Crippen molar-refractivity contribution in [2.45, 2.75) is 6.54 Å². The van der Waals surface area contributed by atoms with Crippen LogP contribution in [0.2, 0.25) is 5.15 Å². The van der Waals surface area contributed by atoms with Gasteiger partial charge in [-0.2, -0.15) is 8.97 Å². The first kappa shape index (κ1) is 21.6. The van der Waals surface area contributed by atoms with Crippen molar-refractivity contribution in [1.29, 1.82) is 0 Å². The van der Waals surface area contributed by atoms with Crippen LogP contribution in [0.25, 0.3) is 16.8 Å². The van der Waals surface area contributed by atoms with Crippen LogP contribution in [0.15, 0.2) is 96.1 Å². The van der Waals surface area contributed by atoms with E-state index in [4.69, 9.17) is 16.3 Å². The third kappa shape index (κ3) is 4.21. The first-order chi connectivity index (χ1) is 16.5. The summed E-state index contributed by atoms with van der Waals surface area (Å²) in [6.07, 6.45) is 3.16. The third-order valence-corrected chi connectivity index (χ3v) is 5.55. The SMILES string of the molecule is O=c1c(-c2ccccc2)c(O)[n+](Cc2ccc(Cl)nc2)c2ccc(Oc3ccc(F)cc3)cn12. The first-order valence-corrected chi connectivity index (χ1v) is 10.8. The minimum atomic E-state index is -0.409. The largest absolute Gasteiger partial charge is 0.477 e. The third-order valence-electron chi connectivity index (χ3n) is 5.33. The monoisotopic (exact) mass is 474 g/mol. The number of rotatable bonds is 5. The van der Waals surface area contributed by atoms with E-state index >= 15 is 0 Å². The maximum absolute atomic E-state index is 13.5. The Labute approximate surface area is 198 Å². The molecule has 3 aromatic heterocycles. The van der Waals surface area contributed by atoms with Gasteiger partial charge in [-0.15, -0.1) is 0 Å². The second kappa shape index (κ2) is 8.96. The second-order valence-corrected chi connectivity index (χ2v) is 7.98. The van der Waals surface area contributed by atoms with Gasteiger partial charge in [0.05, 0.1) is 0 Å². The Morgan fingerprint density at radius 1 is 0.971 bits per heavy atom. The van der Waals surface area contributed by atoms with Crippen molar-refractivity contribution in [1.82, 2.24) is 9.38 Å². The topological polar surface area (TPSA) is 67.7 Å². The van der Waals surface area contributed by atoms with Crippen molar-refractivity contribution in [3.8, 4) is 28.5 Å². The van der Waals surface area contributed by atoms with Gasteiger partial charge in [-0.05, 0) is 42.0 Å². The molecule has 1 N–H and O–H groups in total. The number of nitrogens with zero attached hydrogens (tertiary/aromatic N) is 3. The van der Waals surface area contributed by atoms with E-state index in [1.807, 2.05) is 6.07 Å².